The van der Waals surface area contributed by atoms with Crippen LogP contribution in [0.2, 0.25) is 0 Å². The summed E-state index contributed by atoms with van der Waals surface area (Å²) in [5, 5.41) is 2.08. The zero-order valence-corrected chi connectivity index (χ0v) is 20.0. The molecule has 0 aliphatic carbocycles. The second kappa shape index (κ2) is 8.92. The lowest BCUT2D eigenvalue weighted by atomic mass is 9.97. The highest BCUT2D eigenvalue weighted by Gasteiger charge is 2.35. The van der Waals surface area contributed by atoms with E-state index in [0.717, 1.165) is 32.1 Å². The topological polar surface area (TPSA) is 66.9 Å². The normalized spacial score (nSPS) is 22.2. The molecule has 3 heterocycles. The number of fused-ring (bicyclic) bond motifs is 1. The molecule has 2 atom stereocenters. The van der Waals surface area contributed by atoms with Gasteiger partial charge in [-0.1, -0.05) is 13.3 Å². The molecule has 31 heavy (non-hydrogen) atoms. The lowest BCUT2D eigenvalue weighted by Gasteiger charge is -2.36. The highest BCUT2D eigenvalue weighted by atomic mass is 32.2. The van der Waals surface area contributed by atoms with Gasteiger partial charge in [0.1, 0.15) is 10.6 Å². The molecule has 2 aliphatic heterocycles. The van der Waals surface area contributed by atoms with Crippen molar-refractivity contribution in [3.63, 3.8) is 0 Å². The molecule has 4 rings (SSSR count). The van der Waals surface area contributed by atoms with Gasteiger partial charge >= 0.3 is 0 Å². The van der Waals surface area contributed by atoms with Crippen LogP contribution in [0.15, 0.2) is 34.5 Å². The molecule has 0 unspecified atom stereocenters. The highest BCUT2D eigenvalue weighted by Crippen LogP contribution is 2.37. The predicted molar refractivity (Wildman–Crippen MR) is 122 cm³/mol. The van der Waals surface area contributed by atoms with Crippen molar-refractivity contribution in [1.82, 2.24) is 9.21 Å². The van der Waals surface area contributed by atoms with E-state index in [4.69, 9.17) is 4.74 Å². The number of carbonyl (C=O) groups is 1. The molecule has 1 aromatic heterocycles. The van der Waals surface area contributed by atoms with E-state index >= 15 is 0 Å². The Morgan fingerprint density at radius 3 is 2.74 bits per heavy atom. The van der Waals surface area contributed by atoms with Crippen LogP contribution in [0.3, 0.4) is 0 Å². The largest absolute Gasteiger partial charge is 0.495 e. The molecule has 0 N–H and O–H groups in total. The Balaban J connectivity index is 1.70. The Morgan fingerprint density at radius 1 is 1.23 bits per heavy atom. The van der Waals surface area contributed by atoms with Crippen LogP contribution in [-0.4, -0.2) is 49.8 Å². The fraction of sp³-hybridized carbons (Fsp3) is 0.522. The van der Waals surface area contributed by atoms with Crippen LogP contribution in [-0.2, 0) is 16.4 Å². The standard InChI is InChI=1S/C23H30N2O4S2/c1-4-19-18-11-14-30-21(18)10-13-24(19)23(26)17-8-9-20(29-3)22(15-17)31(27,28)25-12-6-5-7-16(25)2/h8-9,11,14-16,19H,4-7,10,12-13H2,1-3H3/t16-,19+/m0/s1. The number of nitrogens with zero attached hydrogens (tertiary/aromatic N) is 2. The minimum Gasteiger partial charge on any atom is -0.495 e. The number of hydrogen-bond donors (Lipinski definition) is 0. The van der Waals surface area contributed by atoms with Gasteiger partial charge in [-0.3, -0.25) is 4.79 Å². The highest BCUT2D eigenvalue weighted by molar-refractivity contribution is 7.89. The monoisotopic (exact) mass is 462 g/mol. The maximum atomic E-state index is 13.5. The summed E-state index contributed by atoms with van der Waals surface area (Å²) in [6.45, 7) is 5.16. The van der Waals surface area contributed by atoms with Crippen molar-refractivity contribution < 1.29 is 17.9 Å². The Morgan fingerprint density at radius 2 is 2.03 bits per heavy atom. The smallest absolute Gasteiger partial charge is 0.254 e. The first-order valence-electron chi connectivity index (χ1n) is 11.0. The van der Waals surface area contributed by atoms with E-state index in [1.807, 2.05) is 11.8 Å². The number of piperidine rings is 1. The average molecular weight is 463 g/mol. The summed E-state index contributed by atoms with van der Waals surface area (Å²) in [6.07, 6.45) is 4.37. The molecule has 1 saturated heterocycles. The van der Waals surface area contributed by atoms with Gasteiger partial charge in [-0.05, 0) is 67.8 Å². The average Bonchev–Trinajstić information content (AvgIpc) is 3.26. The third kappa shape index (κ3) is 4.01. The molecule has 168 valence electrons. The summed E-state index contributed by atoms with van der Waals surface area (Å²) in [4.78, 5) is 16.8. The van der Waals surface area contributed by atoms with Crippen LogP contribution in [0.4, 0.5) is 0 Å². The molecule has 0 radical (unpaired) electrons. The van der Waals surface area contributed by atoms with Gasteiger partial charge in [-0.15, -0.1) is 11.3 Å². The van der Waals surface area contributed by atoms with Crippen molar-refractivity contribution in [1.29, 1.82) is 0 Å². The fourth-order valence-electron chi connectivity index (χ4n) is 4.81. The van der Waals surface area contributed by atoms with Crippen molar-refractivity contribution in [3.8, 4) is 5.75 Å². The minimum atomic E-state index is -3.76. The molecule has 1 aromatic carbocycles. The van der Waals surface area contributed by atoms with Crippen LogP contribution in [0.1, 0.15) is 66.4 Å². The molecular formula is C23H30N2O4S2. The van der Waals surface area contributed by atoms with Gasteiger partial charge in [0.25, 0.3) is 5.91 Å². The molecule has 0 spiro atoms. The summed E-state index contributed by atoms with van der Waals surface area (Å²) in [5.74, 6) is 0.148. The Bertz CT molecular complexity index is 1060. The van der Waals surface area contributed by atoms with Crippen molar-refractivity contribution in [2.75, 3.05) is 20.2 Å². The van der Waals surface area contributed by atoms with Gasteiger partial charge in [0.15, 0.2) is 0 Å². The number of rotatable bonds is 5. The Kier molecular flexibility index (Phi) is 6.42. The van der Waals surface area contributed by atoms with Crippen molar-refractivity contribution in [3.05, 3.63) is 45.6 Å². The molecule has 0 bridgehead atoms. The molecule has 0 saturated carbocycles. The Hall–Kier alpha value is -1.90. The molecule has 1 fully saturated rings. The van der Waals surface area contributed by atoms with E-state index in [9.17, 15) is 13.2 Å². The van der Waals surface area contributed by atoms with Crippen LogP contribution in [0.5, 0.6) is 5.75 Å². The van der Waals surface area contributed by atoms with Crippen LogP contribution in [0, 0.1) is 0 Å². The summed E-state index contributed by atoms with van der Waals surface area (Å²) >= 11 is 1.74. The molecular weight excluding hydrogens is 432 g/mol. The minimum absolute atomic E-state index is 0.0202. The SMILES string of the molecule is CC[C@@H]1c2ccsc2CCN1C(=O)c1ccc(OC)c(S(=O)(=O)N2CCCC[C@@H]2C)c1. The lowest BCUT2D eigenvalue weighted by molar-refractivity contribution is 0.0657. The van der Waals surface area contributed by atoms with E-state index in [1.165, 1.54) is 23.6 Å². The number of benzene rings is 1. The number of amides is 1. The number of thiophene rings is 1. The van der Waals surface area contributed by atoms with Gasteiger partial charge in [-0.2, -0.15) is 4.31 Å². The van der Waals surface area contributed by atoms with E-state index < -0.39 is 10.0 Å². The maximum Gasteiger partial charge on any atom is 0.254 e. The number of carbonyl (C=O) groups excluding carboxylic acids is 1. The van der Waals surface area contributed by atoms with Crippen molar-refractivity contribution in [2.45, 2.75) is 62.9 Å². The fourth-order valence-corrected chi connectivity index (χ4v) is 7.62. The molecule has 2 aromatic rings. The van der Waals surface area contributed by atoms with Crippen LogP contribution in [0.25, 0.3) is 0 Å². The van der Waals surface area contributed by atoms with Gasteiger partial charge in [0.05, 0.1) is 13.2 Å². The first kappa shape index (κ1) is 22.3. The number of ether oxygens (including phenoxy) is 1. The maximum absolute atomic E-state index is 13.5. The van der Waals surface area contributed by atoms with E-state index in [0.29, 0.717) is 18.7 Å². The van der Waals surface area contributed by atoms with E-state index in [2.05, 4.69) is 18.4 Å². The van der Waals surface area contributed by atoms with Crippen molar-refractivity contribution in [2.24, 2.45) is 0 Å². The Labute approximate surface area is 188 Å². The summed E-state index contributed by atoms with van der Waals surface area (Å²) < 4.78 is 33.9. The number of methoxy groups -OCH3 is 1. The van der Waals surface area contributed by atoms with Gasteiger partial charge in [0, 0.05) is 29.6 Å². The van der Waals surface area contributed by atoms with Gasteiger partial charge < -0.3 is 9.64 Å². The van der Waals surface area contributed by atoms with Gasteiger partial charge in [-0.25, -0.2) is 8.42 Å². The quantitative estimate of drug-likeness (QED) is 0.658. The third-order valence-corrected chi connectivity index (χ3v) is 9.51. The first-order valence-corrected chi connectivity index (χ1v) is 13.3. The van der Waals surface area contributed by atoms with Crippen LogP contribution < -0.4 is 4.74 Å². The summed E-state index contributed by atoms with van der Waals surface area (Å²) in [5.41, 5.74) is 1.61. The molecule has 1 amide bonds. The molecule has 6 nitrogen and oxygen atoms in total. The predicted octanol–water partition coefficient (Wildman–Crippen LogP) is 4.47. The summed E-state index contributed by atoms with van der Waals surface area (Å²) in [6, 6.07) is 6.85. The van der Waals surface area contributed by atoms with Gasteiger partial charge in [0.2, 0.25) is 10.0 Å². The molecule has 2 aliphatic rings. The third-order valence-electron chi connectivity index (χ3n) is 6.48. The van der Waals surface area contributed by atoms with Crippen LogP contribution >= 0.6 is 11.3 Å². The van der Waals surface area contributed by atoms with E-state index in [1.54, 1.807) is 27.8 Å². The zero-order valence-electron chi connectivity index (χ0n) is 18.3. The second-order valence-electron chi connectivity index (χ2n) is 8.30. The number of hydrogen-bond acceptors (Lipinski definition) is 5. The van der Waals surface area contributed by atoms with E-state index in [-0.39, 0.29) is 28.6 Å². The first-order chi connectivity index (χ1) is 14.9. The summed E-state index contributed by atoms with van der Waals surface area (Å²) in [7, 11) is -2.30. The number of sulfonamides is 1. The zero-order chi connectivity index (χ0) is 22.2. The second-order valence-corrected chi connectivity index (χ2v) is 11.2. The van der Waals surface area contributed by atoms with Crippen molar-refractivity contribution >= 4 is 27.3 Å². The molecule has 8 heteroatoms. The lowest BCUT2D eigenvalue weighted by Crippen LogP contribution is -2.42.